The van der Waals surface area contributed by atoms with Gasteiger partial charge in [-0.3, -0.25) is 4.79 Å². The van der Waals surface area contributed by atoms with Crippen molar-refractivity contribution in [1.82, 2.24) is 5.32 Å². The van der Waals surface area contributed by atoms with Gasteiger partial charge in [-0.2, -0.15) is 0 Å². The minimum Gasteiger partial charge on any atom is -0.467 e. The Morgan fingerprint density at radius 3 is 2.00 bits per heavy atom. The standard InChI is InChI=1S/C26H31NO9/c1-31-15-18(32-2)20-22(33-3)23(36-25(29)17-13-9-6-10-14-17)21(35-20)19(26(30)34-4)27-24(28)16-11-7-5-8-12-16/h5-14,18-23H,15H2,1-4H3,(H,27,28)/t18-,19-,20+,21+,22-,23-/m0/s1. The van der Waals surface area contributed by atoms with Gasteiger partial charge in [0.1, 0.15) is 24.4 Å². The highest BCUT2D eigenvalue weighted by Gasteiger charge is 2.55. The zero-order chi connectivity index (χ0) is 26.1. The molecule has 10 nitrogen and oxygen atoms in total. The highest BCUT2D eigenvalue weighted by atomic mass is 16.6. The number of nitrogens with one attached hydrogen (secondary N) is 1. The van der Waals surface area contributed by atoms with Gasteiger partial charge in [0, 0.05) is 26.9 Å². The van der Waals surface area contributed by atoms with Gasteiger partial charge in [0.2, 0.25) is 0 Å². The van der Waals surface area contributed by atoms with Crippen LogP contribution in [0.3, 0.4) is 0 Å². The summed E-state index contributed by atoms with van der Waals surface area (Å²) < 4.78 is 33.5. The van der Waals surface area contributed by atoms with Gasteiger partial charge in [0.15, 0.2) is 12.1 Å². The first kappa shape index (κ1) is 27.3. The number of esters is 2. The van der Waals surface area contributed by atoms with E-state index in [9.17, 15) is 14.4 Å². The summed E-state index contributed by atoms with van der Waals surface area (Å²) in [5.74, 6) is -1.95. The zero-order valence-corrected chi connectivity index (χ0v) is 20.6. The molecule has 2 aromatic rings. The summed E-state index contributed by atoms with van der Waals surface area (Å²) in [6.45, 7) is 0.145. The number of rotatable bonds is 11. The second-order valence-electron chi connectivity index (χ2n) is 8.07. The van der Waals surface area contributed by atoms with E-state index in [1.807, 2.05) is 0 Å². The normalized spacial score (nSPS) is 22.9. The molecule has 36 heavy (non-hydrogen) atoms. The molecule has 1 heterocycles. The molecule has 1 aliphatic heterocycles. The molecule has 0 bridgehead atoms. The molecule has 1 fully saturated rings. The summed E-state index contributed by atoms with van der Waals surface area (Å²) in [5, 5.41) is 2.67. The summed E-state index contributed by atoms with van der Waals surface area (Å²) in [4.78, 5) is 38.8. The largest absolute Gasteiger partial charge is 0.467 e. The van der Waals surface area contributed by atoms with Gasteiger partial charge in [-0.05, 0) is 24.3 Å². The van der Waals surface area contributed by atoms with Crippen LogP contribution in [-0.4, -0.2) is 89.5 Å². The van der Waals surface area contributed by atoms with Gasteiger partial charge in [-0.1, -0.05) is 36.4 Å². The van der Waals surface area contributed by atoms with Crippen LogP contribution in [0.2, 0.25) is 0 Å². The molecule has 6 atom stereocenters. The van der Waals surface area contributed by atoms with Crippen molar-refractivity contribution in [2.45, 2.75) is 36.6 Å². The number of benzene rings is 2. The van der Waals surface area contributed by atoms with Crippen molar-refractivity contribution in [3.8, 4) is 0 Å². The average Bonchev–Trinajstić information content (AvgIpc) is 3.27. The number of hydrogen-bond acceptors (Lipinski definition) is 9. The third kappa shape index (κ3) is 6.27. The summed E-state index contributed by atoms with van der Waals surface area (Å²) in [5.41, 5.74) is 0.633. The topological polar surface area (TPSA) is 119 Å². The fourth-order valence-electron chi connectivity index (χ4n) is 4.12. The molecule has 1 amide bonds. The van der Waals surface area contributed by atoms with Crippen molar-refractivity contribution in [2.75, 3.05) is 35.0 Å². The Labute approximate surface area is 209 Å². The molecular weight excluding hydrogens is 470 g/mol. The van der Waals surface area contributed by atoms with Gasteiger partial charge >= 0.3 is 11.9 Å². The van der Waals surface area contributed by atoms with E-state index in [0.717, 1.165) is 0 Å². The number of hydrogen-bond donors (Lipinski definition) is 1. The lowest BCUT2D eigenvalue weighted by Crippen LogP contribution is -2.54. The SMILES string of the molecule is COC[C@H](OC)[C@H]1O[C@H]([C@H](NC(=O)c2ccccc2)C(=O)OC)[C@H](OC(=O)c2ccccc2)[C@H]1OC. The first-order valence-corrected chi connectivity index (χ1v) is 11.3. The Hall–Kier alpha value is -3.31. The van der Waals surface area contributed by atoms with Crippen LogP contribution >= 0.6 is 0 Å². The van der Waals surface area contributed by atoms with Crippen LogP contribution < -0.4 is 5.32 Å². The van der Waals surface area contributed by atoms with Crippen LogP contribution in [0.15, 0.2) is 60.7 Å². The first-order valence-electron chi connectivity index (χ1n) is 11.3. The van der Waals surface area contributed by atoms with E-state index in [1.54, 1.807) is 60.7 Å². The van der Waals surface area contributed by atoms with Gasteiger partial charge in [0.05, 0.1) is 19.3 Å². The highest BCUT2D eigenvalue weighted by Crippen LogP contribution is 2.32. The molecule has 194 valence electrons. The van der Waals surface area contributed by atoms with Crippen molar-refractivity contribution in [1.29, 1.82) is 0 Å². The van der Waals surface area contributed by atoms with Crippen LogP contribution in [-0.2, 0) is 33.2 Å². The molecule has 3 rings (SSSR count). The average molecular weight is 502 g/mol. The van der Waals surface area contributed by atoms with Crippen molar-refractivity contribution in [3.63, 3.8) is 0 Å². The van der Waals surface area contributed by atoms with Crippen molar-refractivity contribution in [3.05, 3.63) is 71.8 Å². The van der Waals surface area contributed by atoms with E-state index in [0.29, 0.717) is 11.1 Å². The maximum atomic E-state index is 13.0. The number of carbonyl (C=O) groups is 3. The van der Waals surface area contributed by atoms with E-state index in [4.69, 9.17) is 28.4 Å². The number of carbonyl (C=O) groups excluding carboxylic acids is 3. The molecule has 0 aliphatic carbocycles. The highest BCUT2D eigenvalue weighted by molar-refractivity contribution is 5.97. The van der Waals surface area contributed by atoms with Crippen molar-refractivity contribution >= 4 is 17.8 Å². The fraction of sp³-hybridized carbons (Fsp3) is 0.423. The molecular formula is C26H31NO9. The number of ether oxygens (including phenoxy) is 6. The lowest BCUT2D eigenvalue weighted by molar-refractivity contribution is -0.151. The molecule has 0 aromatic heterocycles. The third-order valence-corrected chi connectivity index (χ3v) is 5.92. The second kappa shape index (κ2) is 13.1. The molecule has 0 unspecified atom stereocenters. The van der Waals surface area contributed by atoms with Crippen LogP contribution in [0.1, 0.15) is 20.7 Å². The molecule has 0 spiro atoms. The zero-order valence-electron chi connectivity index (χ0n) is 20.6. The van der Waals surface area contributed by atoms with E-state index in [1.165, 1.54) is 28.4 Å². The molecule has 1 aliphatic rings. The summed E-state index contributed by atoms with van der Waals surface area (Å²) in [7, 11) is 5.61. The minimum atomic E-state index is -1.32. The van der Waals surface area contributed by atoms with Crippen LogP contribution in [0, 0.1) is 0 Å². The molecule has 0 saturated carbocycles. The van der Waals surface area contributed by atoms with E-state index >= 15 is 0 Å². The Kier molecular flexibility index (Phi) is 9.95. The van der Waals surface area contributed by atoms with E-state index in [-0.39, 0.29) is 6.61 Å². The lowest BCUT2D eigenvalue weighted by atomic mass is 9.99. The smallest absolute Gasteiger partial charge is 0.338 e. The number of methoxy groups -OCH3 is 4. The molecule has 10 heteroatoms. The summed E-state index contributed by atoms with van der Waals surface area (Å²) in [6.07, 6.45) is -4.50. The van der Waals surface area contributed by atoms with Gasteiger partial charge in [0.25, 0.3) is 5.91 Å². The summed E-state index contributed by atoms with van der Waals surface area (Å²) >= 11 is 0. The Bertz CT molecular complexity index is 1000. The maximum Gasteiger partial charge on any atom is 0.338 e. The van der Waals surface area contributed by atoms with Crippen LogP contribution in [0.5, 0.6) is 0 Å². The fourth-order valence-corrected chi connectivity index (χ4v) is 4.12. The van der Waals surface area contributed by atoms with Gasteiger partial charge in [-0.25, -0.2) is 9.59 Å². The number of amides is 1. The molecule has 1 saturated heterocycles. The van der Waals surface area contributed by atoms with Crippen LogP contribution in [0.25, 0.3) is 0 Å². The van der Waals surface area contributed by atoms with Crippen LogP contribution in [0.4, 0.5) is 0 Å². The lowest BCUT2D eigenvalue weighted by Gasteiger charge is -2.28. The Morgan fingerprint density at radius 2 is 1.47 bits per heavy atom. The van der Waals surface area contributed by atoms with Gasteiger partial charge < -0.3 is 33.7 Å². The molecule has 0 radical (unpaired) electrons. The van der Waals surface area contributed by atoms with E-state index in [2.05, 4.69) is 5.32 Å². The molecule has 2 aromatic carbocycles. The van der Waals surface area contributed by atoms with Gasteiger partial charge in [-0.15, -0.1) is 0 Å². The summed E-state index contributed by atoms with van der Waals surface area (Å²) in [6, 6.07) is 15.4. The predicted octanol–water partition coefficient (Wildman–Crippen LogP) is 1.63. The van der Waals surface area contributed by atoms with Crippen molar-refractivity contribution < 1.29 is 42.8 Å². The maximum absolute atomic E-state index is 13.0. The molecule has 1 N–H and O–H groups in total. The quantitative estimate of drug-likeness (QED) is 0.458. The van der Waals surface area contributed by atoms with E-state index < -0.39 is 54.4 Å². The second-order valence-corrected chi connectivity index (χ2v) is 8.07. The third-order valence-electron chi connectivity index (χ3n) is 5.92. The Morgan fingerprint density at radius 1 is 0.861 bits per heavy atom. The van der Waals surface area contributed by atoms with Crippen molar-refractivity contribution in [2.24, 2.45) is 0 Å². The predicted molar refractivity (Wildman–Crippen MR) is 127 cm³/mol. The monoisotopic (exact) mass is 501 g/mol. The first-order chi connectivity index (χ1) is 17.4. The Balaban J connectivity index is 1.97. The minimum absolute atomic E-state index is 0.145.